The minimum Gasteiger partial charge on any atom is -0.381 e. The second kappa shape index (κ2) is 6.00. The molecule has 0 aromatic rings. The highest BCUT2D eigenvalue weighted by Gasteiger charge is 2.58. The Hall–Kier alpha value is 0.335. The molecular weight excluding hydrogens is 296 g/mol. The molecule has 4 rings (SSSR count). The molecule has 0 aromatic carbocycles. The monoisotopic (exact) mass is 325 g/mol. The summed E-state index contributed by atoms with van der Waals surface area (Å²) in [5.74, 6) is 0.456. The Labute approximate surface area is 136 Å². The van der Waals surface area contributed by atoms with Crippen LogP contribution in [-0.4, -0.2) is 48.9 Å². The maximum atomic E-state index is 6.63. The molecule has 1 spiro atoms. The first-order valence-corrected chi connectivity index (χ1v) is 10.4. The maximum absolute atomic E-state index is 6.63. The van der Waals surface area contributed by atoms with Gasteiger partial charge in [-0.2, -0.15) is 0 Å². The highest BCUT2D eigenvalue weighted by molar-refractivity contribution is 7.45. The Kier molecular flexibility index (Phi) is 4.32. The molecule has 4 fully saturated rings. The molecule has 4 nitrogen and oxygen atoms in total. The molecule has 22 heavy (non-hydrogen) atoms. The van der Waals surface area contributed by atoms with Crippen LogP contribution in [0.4, 0.5) is 0 Å². The van der Waals surface area contributed by atoms with Gasteiger partial charge in [0.15, 0.2) is 0 Å². The fourth-order valence-corrected chi connectivity index (χ4v) is 7.19. The van der Waals surface area contributed by atoms with Crippen LogP contribution in [0.2, 0.25) is 0 Å². The summed E-state index contributed by atoms with van der Waals surface area (Å²) in [5, 5.41) is 0. The van der Waals surface area contributed by atoms with Gasteiger partial charge in [0.1, 0.15) is 7.85 Å². The van der Waals surface area contributed by atoms with Gasteiger partial charge < -0.3 is 13.8 Å². The van der Waals surface area contributed by atoms with Crippen molar-refractivity contribution in [1.82, 2.24) is 4.67 Å². The lowest BCUT2D eigenvalue weighted by atomic mass is 9.86. The van der Waals surface area contributed by atoms with Gasteiger partial charge in [0.25, 0.3) is 8.53 Å². The summed E-state index contributed by atoms with van der Waals surface area (Å²) < 4.78 is 21.9. The summed E-state index contributed by atoms with van der Waals surface area (Å²) in [6.07, 6.45) is 9.19. The predicted octanol–water partition coefficient (Wildman–Crippen LogP) is 2.81. The summed E-state index contributed by atoms with van der Waals surface area (Å²) in [4.78, 5) is 0. The van der Waals surface area contributed by atoms with Gasteiger partial charge in [-0.05, 0) is 32.1 Å². The number of rotatable bonds is 3. The molecular formula is C16H29BNO3P. The molecule has 0 N–H and O–H groups in total. The number of hydrogen-bond donors (Lipinski definition) is 0. The summed E-state index contributed by atoms with van der Waals surface area (Å²) in [7, 11) is 1.30. The third-order valence-corrected chi connectivity index (χ3v) is 8.22. The Balaban J connectivity index is 1.51. The molecule has 4 aliphatic rings. The summed E-state index contributed by atoms with van der Waals surface area (Å²) in [6.45, 7) is 5.63. The molecule has 6 heteroatoms. The van der Waals surface area contributed by atoms with Gasteiger partial charge >= 0.3 is 0 Å². The molecule has 124 valence electrons. The van der Waals surface area contributed by atoms with Gasteiger partial charge in [0.05, 0.1) is 17.8 Å². The normalized spacial score (nSPS) is 47.5. The molecule has 0 amide bonds. The quantitative estimate of drug-likeness (QED) is 0.590. The van der Waals surface area contributed by atoms with Gasteiger partial charge in [-0.3, -0.25) is 0 Å². The highest BCUT2D eigenvalue weighted by atomic mass is 31.2. The zero-order chi connectivity index (χ0) is 15.3. The summed E-state index contributed by atoms with van der Waals surface area (Å²) in [6, 6.07) is 0.915. The van der Waals surface area contributed by atoms with Crippen molar-refractivity contribution in [3.8, 4) is 0 Å². The molecule has 6 atom stereocenters. The Bertz CT molecular complexity index is 420. The Morgan fingerprint density at radius 3 is 2.82 bits per heavy atom. The molecule has 0 radical (unpaired) electrons. The van der Waals surface area contributed by atoms with E-state index < -0.39 is 8.53 Å². The largest absolute Gasteiger partial charge is 0.381 e. The van der Waals surface area contributed by atoms with E-state index in [0.29, 0.717) is 18.0 Å². The van der Waals surface area contributed by atoms with Gasteiger partial charge in [0.2, 0.25) is 0 Å². The van der Waals surface area contributed by atoms with Gasteiger partial charge in [-0.15, -0.1) is 0 Å². The van der Waals surface area contributed by atoms with Crippen molar-refractivity contribution >= 4 is 16.4 Å². The lowest BCUT2D eigenvalue weighted by Gasteiger charge is -2.28. The van der Waals surface area contributed by atoms with E-state index >= 15 is 0 Å². The molecule has 3 aliphatic heterocycles. The van der Waals surface area contributed by atoms with Gasteiger partial charge in [-0.25, -0.2) is 4.67 Å². The lowest BCUT2D eigenvalue weighted by molar-refractivity contribution is 0.0275. The minimum atomic E-state index is -0.881. The molecule has 3 saturated heterocycles. The topological polar surface area (TPSA) is 30.9 Å². The molecule has 1 aliphatic carbocycles. The third-order valence-electron chi connectivity index (χ3n) is 6.38. The number of hydrogen-bond acceptors (Lipinski definition) is 4. The lowest BCUT2D eigenvalue weighted by Crippen LogP contribution is -2.39. The SMILES string of the molecule is B[C@@H]1O[C@H](CC)[C@H](O[P@@]2OC3(CCCC3)[C@H]3CCCN32)C1C. The van der Waals surface area contributed by atoms with E-state index in [1.54, 1.807) is 0 Å². The van der Waals surface area contributed by atoms with E-state index in [9.17, 15) is 0 Å². The van der Waals surface area contributed by atoms with E-state index in [1.165, 1.54) is 38.5 Å². The van der Waals surface area contributed by atoms with Crippen molar-refractivity contribution in [3.05, 3.63) is 0 Å². The van der Waals surface area contributed by atoms with Gasteiger partial charge in [-0.1, -0.05) is 26.7 Å². The smallest absolute Gasteiger partial charge is 0.260 e. The van der Waals surface area contributed by atoms with E-state index in [-0.39, 0.29) is 17.8 Å². The van der Waals surface area contributed by atoms with Crippen molar-refractivity contribution < 1.29 is 13.8 Å². The van der Waals surface area contributed by atoms with Crippen LogP contribution in [0.25, 0.3) is 0 Å². The van der Waals surface area contributed by atoms with E-state index in [4.69, 9.17) is 13.8 Å². The van der Waals surface area contributed by atoms with Crippen LogP contribution < -0.4 is 0 Å². The van der Waals surface area contributed by atoms with Crippen LogP contribution in [0.3, 0.4) is 0 Å². The van der Waals surface area contributed by atoms with Crippen LogP contribution in [0.5, 0.6) is 0 Å². The molecule has 0 bridgehead atoms. The molecule has 0 aromatic heterocycles. The second-order valence-electron chi connectivity index (χ2n) is 7.64. The molecule has 1 saturated carbocycles. The number of ether oxygens (including phenoxy) is 1. The Morgan fingerprint density at radius 2 is 2.09 bits per heavy atom. The van der Waals surface area contributed by atoms with Crippen LogP contribution in [0, 0.1) is 5.92 Å². The average molecular weight is 325 g/mol. The van der Waals surface area contributed by atoms with E-state index in [0.717, 1.165) is 13.0 Å². The molecule has 3 heterocycles. The van der Waals surface area contributed by atoms with Crippen molar-refractivity contribution in [2.75, 3.05) is 6.54 Å². The van der Waals surface area contributed by atoms with Crippen LogP contribution in [0.15, 0.2) is 0 Å². The second-order valence-corrected chi connectivity index (χ2v) is 9.02. The van der Waals surface area contributed by atoms with Crippen molar-refractivity contribution in [2.24, 2.45) is 5.92 Å². The molecule has 1 unspecified atom stereocenters. The first-order valence-electron chi connectivity index (χ1n) is 9.22. The zero-order valence-corrected chi connectivity index (χ0v) is 15.1. The van der Waals surface area contributed by atoms with Crippen LogP contribution in [-0.2, 0) is 13.8 Å². The fourth-order valence-electron chi connectivity index (χ4n) is 4.91. The first-order chi connectivity index (χ1) is 10.6. The van der Waals surface area contributed by atoms with Gasteiger partial charge in [0, 0.05) is 24.5 Å². The zero-order valence-electron chi connectivity index (χ0n) is 14.2. The van der Waals surface area contributed by atoms with Crippen LogP contribution in [0.1, 0.15) is 58.8 Å². The summed E-state index contributed by atoms with van der Waals surface area (Å²) in [5.41, 5.74) is 0.123. The number of nitrogens with zero attached hydrogens (tertiary/aromatic N) is 1. The van der Waals surface area contributed by atoms with E-state index in [1.807, 2.05) is 0 Å². The highest BCUT2D eigenvalue weighted by Crippen LogP contribution is 2.64. The minimum absolute atomic E-state index is 0.123. The third kappa shape index (κ3) is 2.40. The van der Waals surface area contributed by atoms with E-state index in [2.05, 4.69) is 26.4 Å². The summed E-state index contributed by atoms with van der Waals surface area (Å²) >= 11 is 0. The van der Waals surface area contributed by atoms with Crippen LogP contribution >= 0.6 is 8.53 Å². The van der Waals surface area contributed by atoms with Crippen molar-refractivity contribution in [2.45, 2.75) is 88.6 Å². The standard InChI is InChI=1S/C16H29BNO3P/c1-3-12-14(11(2)15(17)19-12)20-22-18-10-6-7-13(18)16(21-22)8-4-5-9-16/h11-15H,3-10,17H2,1-2H3/t11?,12-,13-,14-,15-,22+/m1/s1. The van der Waals surface area contributed by atoms with Crippen molar-refractivity contribution in [3.63, 3.8) is 0 Å². The first kappa shape index (κ1) is 15.8. The Morgan fingerprint density at radius 1 is 1.32 bits per heavy atom. The predicted molar refractivity (Wildman–Crippen MR) is 90.5 cm³/mol. The maximum Gasteiger partial charge on any atom is 0.260 e. The average Bonchev–Trinajstić information content (AvgIpc) is 3.24. The number of fused-ring (bicyclic) bond motifs is 2. The van der Waals surface area contributed by atoms with Crippen molar-refractivity contribution in [1.29, 1.82) is 0 Å². The fraction of sp³-hybridized carbons (Fsp3) is 1.00.